The number of hydrazine groups is 1. The van der Waals surface area contributed by atoms with E-state index in [9.17, 15) is 4.79 Å². The maximum Gasteiger partial charge on any atom is 0.247 e. The second kappa shape index (κ2) is 4.77. The van der Waals surface area contributed by atoms with Crippen molar-refractivity contribution in [1.29, 1.82) is 0 Å². The van der Waals surface area contributed by atoms with Gasteiger partial charge in [-0.25, -0.2) is 10.9 Å². The van der Waals surface area contributed by atoms with E-state index in [1.54, 1.807) is 18.2 Å². The first kappa shape index (κ1) is 12.2. The van der Waals surface area contributed by atoms with Gasteiger partial charge in [0.1, 0.15) is 0 Å². The van der Waals surface area contributed by atoms with Gasteiger partial charge in [0.25, 0.3) is 0 Å². The van der Waals surface area contributed by atoms with E-state index in [-0.39, 0.29) is 11.5 Å². The molecule has 86 valence electrons. The predicted octanol–water partition coefficient (Wildman–Crippen LogP) is -0.661. The first-order valence-electron chi connectivity index (χ1n) is 4.43. The number of benzene rings is 1. The third-order valence-corrected chi connectivity index (χ3v) is 2.27. The van der Waals surface area contributed by atoms with E-state index in [0.717, 1.165) is 0 Å². The molecule has 16 heavy (non-hydrogen) atoms. The third-order valence-electron chi connectivity index (χ3n) is 2.08. The Morgan fingerprint density at radius 3 is 2.56 bits per heavy atom. The first-order valence-corrected chi connectivity index (χ1v) is 4.84. The van der Waals surface area contributed by atoms with Gasteiger partial charge in [-0.2, -0.15) is 0 Å². The highest BCUT2D eigenvalue weighted by Gasteiger charge is 2.14. The molecule has 0 atom stereocenters. The van der Waals surface area contributed by atoms with Crippen LogP contribution >= 0.6 is 12.2 Å². The molecule has 0 heterocycles. The number of rotatable bonds is 2. The van der Waals surface area contributed by atoms with Crippen molar-refractivity contribution in [3.05, 3.63) is 23.8 Å². The predicted molar refractivity (Wildman–Crippen MR) is 66.8 cm³/mol. The van der Waals surface area contributed by atoms with E-state index in [2.05, 4.69) is 12.2 Å². The number of hydrogen-bond acceptors (Lipinski definition) is 5. The second-order valence-electron chi connectivity index (χ2n) is 3.20. The van der Waals surface area contributed by atoms with E-state index in [0.29, 0.717) is 21.9 Å². The zero-order valence-electron chi connectivity index (χ0n) is 8.51. The summed E-state index contributed by atoms with van der Waals surface area (Å²) in [7, 11) is 0. The van der Waals surface area contributed by atoms with Gasteiger partial charge in [-0.15, -0.1) is 0 Å². The van der Waals surface area contributed by atoms with Crippen LogP contribution < -0.4 is 23.0 Å². The highest BCUT2D eigenvalue weighted by atomic mass is 32.1. The largest absolute Gasteiger partial charge is 0.397 e. The lowest BCUT2D eigenvalue weighted by Gasteiger charge is -2.15. The molecular weight excluding hydrogens is 226 g/mol. The second-order valence-corrected chi connectivity index (χ2v) is 3.62. The number of amides is 1. The van der Waals surface area contributed by atoms with E-state index in [1.807, 2.05) is 0 Å². The Kier molecular flexibility index (Phi) is 3.64. The van der Waals surface area contributed by atoms with Crippen LogP contribution in [0.1, 0.15) is 5.56 Å². The molecule has 7 heteroatoms. The molecule has 0 saturated carbocycles. The maximum absolute atomic E-state index is 11.6. The van der Waals surface area contributed by atoms with Crippen LogP contribution in [-0.2, 0) is 11.2 Å². The van der Waals surface area contributed by atoms with Crippen LogP contribution in [0.25, 0.3) is 0 Å². The van der Waals surface area contributed by atoms with Crippen LogP contribution in [0.4, 0.5) is 11.4 Å². The topological polar surface area (TPSA) is 124 Å². The van der Waals surface area contributed by atoms with Crippen molar-refractivity contribution >= 4 is 34.6 Å². The van der Waals surface area contributed by atoms with Crippen molar-refractivity contribution in [1.82, 2.24) is 5.01 Å². The SMILES string of the molecule is NC(=S)N(N)C(=O)Cc1cccc(N)c1N. The Morgan fingerprint density at radius 1 is 1.38 bits per heavy atom. The van der Waals surface area contributed by atoms with Crippen LogP contribution in [0.2, 0.25) is 0 Å². The van der Waals surface area contributed by atoms with Gasteiger partial charge in [-0.05, 0) is 23.8 Å². The number of nitrogen functional groups attached to an aromatic ring is 2. The summed E-state index contributed by atoms with van der Waals surface area (Å²) < 4.78 is 0. The highest BCUT2D eigenvalue weighted by molar-refractivity contribution is 7.80. The van der Waals surface area contributed by atoms with E-state index >= 15 is 0 Å². The molecule has 0 radical (unpaired) electrons. The molecule has 6 nitrogen and oxygen atoms in total. The average Bonchev–Trinajstić information content (AvgIpc) is 2.23. The number of hydrogen-bond donors (Lipinski definition) is 4. The first-order chi connectivity index (χ1) is 7.43. The van der Waals surface area contributed by atoms with Crippen molar-refractivity contribution in [2.24, 2.45) is 11.6 Å². The van der Waals surface area contributed by atoms with Crippen LogP contribution in [0, 0.1) is 0 Å². The lowest BCUT2D eigenvalue weighted by molar-refractivity contribution is -0.126. The minimum Gasteiger partial charge on any atom is -0.397 e. The minimum absolute atomic E-state index is 0.00468. The molecule has 0 aliphatic rings. The molecule has 0 unspecified atom stereocenters. The smallest absolute Gasteiger partial charge is 0.247 e. The summed E-state index contributed by atoms with van der Waals surface area (Å²) >= 11 is 4.57. The molecule has 1 aromatic carbocycles. The number of anilines is 2. The lowest BCUT2D eigenvalue weighted by atomic mass is 10.1. The third kappa shape index (κ3) is 2.59. The van der Waals surface area contributed by atoms with Crippen LogP contribution in [-0.4, -0.2) is 16.0 Å². The quantitative estimate of drug-likeness (QED) is 0.178. The zero-order valence-corrected chi connectivity index (χ0v) is 9.33. The van der Waals surface area contributed by atoms with Gasteiger partial charge in [0.2, 0.25) is 5.91 Å². The van der Waals surface area contributed by atoms with Gasteiger partial charge in [0.05, 0.1) is 17.8 Å². The highest BCUT2D eigenvalue weighted by Crippen LogP contribution is 2.19. The number of carbonyl (C=O) groups excluding carboxylic acids is 1. The lowest BCUT2D eigenvalue weighted by Crippen LogP contribution is -2.46. The molecular formula is C9H13N5OS. The summed E-state index contributed by atoms with van der Waals surface area (Å²) in [5, 5.41) is 0.519. The summed E-state index contributed by atoms with van der Waals surface area (Å²) in [6.07, 6.45) is 0.00468. The summed E-state index contributed by atoms with van der Waals surface area (Å²) in [6, 6.07) is 5.05. The van der Waals surface area contributed by atoms with Crippen molar-refractivity contribution in [2.75, 3.05) is 11.5 Å². The van der Waals surface area contributed by atoms with Gasteiger partial charge >= 0.3 is 0 Å². The van der Waals surface area contributed by atoms with Crippen LogP contribution in [0.15, 0.2) is 18.2 Å². The monoisotopic (exact) mass is 239 g/mol. The maximum atomic E-state index is 11.6. The number of carbonyl (C=O) groups is 1. The van der Waals surface area contributed by atoms with Gasteiger partial charge in [-0.3, -0.25) is 4.79 Å². The fourth-order valence-corrected chi connectivity index (χ4v) is 1.26. The van der Waals surface area contributed by atoms with Gasteiger partial charge in [0, 0.05) is 0 Å². The van der Waals surface area contributed by atoms with Gasteiger partial charge < -0.3 is 17.2 Å². The van der Waals surface area contributed by atoms with Crippen LogP contribution in [0.5, 0.6) is 0 Å². The fraction of sp³-hybridized carbons (Fsp3) is 0.111. The van der Waals surface area contributed by atoms with E-state index < -0.39 is 5.91 Å². The minimum atomic E-state index is -0.440. The number of nitrogens with zero attached hydrogens (tertiary/aromatic N) is 1. The Balaban J connectivity index is 2.85. The van der Waals surface area contributed by atoms with Crippen molar-refractivity contribution in [2.45, 2.75) is 6.42 Å². The van der Waals surface area contributed by atoms with E-state index in [1.165, 1.54) is 0 Å². The molecule has 0 fully saturated rings. The molecule has 0 aromatic heterocycles. The molecule has 0 aliphatic carbocycles. The summed E-state index contributed by atoms with van der Waals surface area (Å²) in [5.74, 6) is 4.90. The van der Waals surface area contributed by atoms with E-state index in [4.69, 9.17) is 23.0 Å². The normalized spacial score (nSPS) is 9.81. The Bertz CT molecular complexity index is 434. The summed E-state index contributed by atoms with van der Waals surface area (Å²) in [4.78, 5) is 11.6. The number of thiocarbonyl (C=S) groups is 1. The zero-order chi connectivity index (χ0) is 12.3. The van der Waals surface area contributed by atoms with Crippen molar-refractivity contribution in [3.8, 4) is 0 Å². The number of nitrogens with two attached hydrogens (primary N) is 4. The summed E-state index contributed by atoms with van der Waals surface area (Å²) in [6.45, 7) is 0. The summed E-state index contributed by atoms with van der Waals surface area (Å²) in [5.41, 5.74) is 17.9. The molecule has 1 aromatic rings. The van der Waals surface area contributed by atoms with Crippen molar-refractivity contribution < 1.29 is 4.79 Å². The van der Waals surface area contributed by atoms with Crippen LogP contribution in [0.3, 0.4) is 0 Å². The Morgan fingerprint density at radius 2 is 2.00 bits per heavy atom. The molecule has 1 amide bonds. The molecule has 0 spiro atoms. The van der Waals surface area contributed by atoms with Crippen molar-refractivity contribution in [3.63, 3.8) is 0 Å². The fourth-order valence-electron chi connectivity index (χ4n) is 1.16. The standard InChI is InChI=1S/C9H13N5OS/c10-6-3-1-2-5(8(6)11)4-7(15)14(13)9(12)16/h1-3H,4,10-11,13H2,(H2,12,16). The molecule has 0 saturated heterocycles. The Labute approximate surface area is 98.1 Å². The molecule has 8 N–H and O–H groups in total. The molecule has 0 aliphatic heterocycles. The molecule has 0 bridgehead atoms. The number of para-hydroxylation sites is 1. The Hall–Kier alpha value is -1.86. The average molecular weight is 239 g/mol. The molecule has 1 rings (SSSR count). The van der Waals surface area contributed by atoms with Gasteiger partial charge in [0.15, 0.2) is 5.11 Å². The van der Waals surface area contributed by atoms with Gasteiger partial charge in [-0.1, -0.05) is 12.1 Å².